The van der Waals surface area contributed by atoms with Gasteiger partial charge in [0.05, 0.1) is 13.2 Å². The van der Waals surface area contributed by atoms with Crippen LogP contribution in [0.4, 0.5) is 0 Å². The number of fused-ring (bicyclic) bond motifs is 1. The molecule has 5 heteroatoms. The second kappa shape index (κ2) is 5.99. The monoisotopic (exact) mass is 368 g/mol. The van der Waals surface area contributed by atoms with Gasteiger partial charge in [0, 0.05) is 33.3 Å². The Morgan fingerprint density at radius 2 is 2.33 bits per heavy atom. The molecule has 1 aromatic carbocycles. The molecule has 2 aromatic rings. The molecule has 0 radical (unpaired) electrons. The van der Waals surface area contributed by atoms with Crippen molar-refractivity contribution in [1.29, 1.82) is 0 Å². The van der Waals surface area contributed by atoms with Crippen molar-refractivity contribution in [2.75, 3.05) is 7.11 Å². The molecule has 2 heterocycles. The summed E-state index contributed by atoms with van der Waals surface area (Å²) in [6.07, 6.45) is 1.02. The summed E-state index contributed by atoms with van der Waals surface area (Å²) < 4.78 is 12.3. The molecule has 21 heavy (non-hydrogen) atoms. The maximum absolute atomic E-state index is 10.6. The van der Waals surface area contributed by atoms with E-state index in [1.807, 2.05) is 30.5 Å². The van der Waals surface area contributed by atoms with Crippen LogP contribution in [0.2, 0.25) is 0 Å². The fourth-order valence-electron chi connectivity index (χ4n) is 2.65. The SMILES string of the molecule is COc1cc2c(cc1C(O)Cc1sccc1Br)OC(C)C2. The van der Waals surface area contributed by atoms with E-state index in [2.05, 4.69) is 15.9 Å². The summed E-state index contributed by atoms with van der Waals surface area (Å²) in [7, 11) is 1.64. The van der Waals surface area contributed by atoms with Gasteiger partial charge in [0.25, 0.3) is 0 Å². The zero-order chi connectivity index (χ0) is 15.0. The molecule has 0 saturated heterocycles. The van der Waals surface area contributed by atoms with Gasteiger partial charge < -0.3 is 14.6 Å². The van der Waals surface area contributed by atoms with Crippen LogP contribution in [0.15, 0.2) is 28.1 Å². The Morgan fingerprint density at radius 3 is 3.00 bits per heavy atom. The molecule has 3 rings (SSSR count). The minimum absolute atomic E-state index is 0.184. The molecule has 0 saturated carbocycles. The lowest BCUT2D eigenvalue weighted by atomic mass is 10.0. The summed E-state index contributed by atoms with van der Waals surface area (Å²) in [6, 6.07) is 5.90. The third kappa shape index (κ3) is 2.96. The fourth-order valence-corrected chi connectivity index (χ4v) is 4.20. The van der Waals surface area contributed by atoms with E-state index >= 15 is 0 Å². The smallest absolute Gasteiger partial charge is 0.125 e. The molecule has 0 amide bonds. The number of methoxy groups -OCH3 is 1. The van der Waals surface area contributed by atoms with Crippen LogP contribution >= 0.6 is 27.3 Å². The molecule has 0 spiro atoms. The van der Waals surface area contributed by atoms with Crippen LogP contribution in [0.5, 0.6) is 11.5 Å². The van der Waals surface area contributed by atoms with Crippen molar-refractivity contribution >= 4 is 27.3 Å². The molecule has 1 aromatic heterocycles. The van der Waals surface area contributed by atoms with E-state index in [-0.39, 0.29) is 6.10 Å². The molecule has 2 atom stereocenters. The van der Waals surface area contributed by atoms with Crippen LogP contribution in [-0.4, -0.2) is 18.3 Å². The highest BCUT2D eigenvalue weighted by Gasteiger charge is 2.24. The molecular formula is C16H17BrO3S. The van der Waals surface area contributed by atoms with Crippen molar-refractivity contribution in [1.82, 2.24) is 0 Å². The van der Waals surface area contributed by atoms with Crippen molar-refractivity contribution in [3.63, 3.8) is 0 Å². The highest BCUT2D eigenvalue weighted by Crippen LogP contribution is 2.39. The number of thiophene rings is 1. The van der Waals surface area contributed by atoms with E-state index in [1.165, 1.54) is 0 Å². The van der Waals surface area contributed by atoms with Crippen LogP contribution in [0.3, 0.4) is 0 Å². The summed E-state index contributed by atoms with van der Waals surface area (Å²) >= 11 is 5.14. The van der Waals surface area contributed by atoms with Gasteiger partial charge in [-0.1, -0.05) is 0 Å². The first-order chi connectivity index (χ1) is 10.1. The average Bonchev–Trinajstić information content (AvgIpc) is 3.01. The van der Waals surface area contributed by atoms with Gasteiger partial charge in [-0.2, -0.15) is 0 Å². The van der Waals surface area contributed by atoms with Gasteiger partial charge >= 0.3 is 0 Å². The molecule has 1 N–H and O–H groups in total. The number of hydrogen-bond donors (Lipinski definition) is 1. The van der Waals surface area contributed by atoms with Crippen LogP contribution in [0, 0.1) is 0 Å². The van der Waals surface area contributed by atoms with E-state index in [4.69, 9.17) is 9.47 Å². The normalized spacial score (nSPS) is 18.2. The molecular weight excluding hydrogens is 352 g/mol. The van der Waals surface area contributed by atoms with Gasteiger partial charge in [-0.05, 0) is 46.4 Å². The predicted octanol–water partition coefficient (Wildman–Crippen LogP) is 4.12. The Balaban J connectivity index is 1.90. The predicted molar refractivity (Wildman–Crippen MR) is 87.5 cm³/mol. The van der Waals surface area contributed by atoms with Crippen LogP contribution in [0.25, 0.3) is 0 Å². The van der Waals surface area contributed by atoms with Gasteiger partial charge in [0.1, 0.15) is 17.6 Å². The summed E-state index contributed by atoms with van der Waals surface area (Å²) in [4.78, 5) is 1.12. The first-order valence-electron chi connectivity index (χ1n) is 6.86. The zero-order valence-electron chi connectivity index (χ0n) is 11.9. The number of rotatable bonds is 4. The third-order valence-electron chi connectivity index (χ3n) is 3.68. The second-order valence-electron chi connectivity index (χ2n) is 5.25. The van der Waals surface area contributed by atoms with Gasteiger partial charge in [0.2, 0.25) is 0 Å². The largest absolute Gasteiger partial charge is 0.496 e. The average molecular weight is 369 g/mol. The standard InChI is InChI=1S/C16H17BrO3S/c1-9-5-10-6-15(19-2)11(7-14(10)20-9)13(18)8-16-12(17)3-4-21-16/h3-4,6-7,9,13,18H,5,8H2,1-2H3. The molecule has 112 valence electrons. The van der Waals surface area contributed by atoms with Gasteiger partial charge in [-0.3, -0.25) is 0 Å². The number of aliphatic hydroxyl groups excluding tert-OH is 1. The second-order valence-corrected chi connectivity index (χ2v) is 7.10. The fraction of sp³-hybridized carbons (Fsp3) is 0.375. The summed E-state index contributed by atoms with van der Waals surface area (Å²) in [5.74, 6) is 1.59. The lowest BCUT2D eigenvalue weighted by Gasteiger charge is -2.16. The highest BCUT2D eigenvalue weighted by atomic mass is 79.9. The molecule has 3 nitrogen and oxygen atoms in total. The Kier molecular flexibility index (Phi) is 4.24. The Morgan fingerprint density at radius 1 is 1.52 bits per heavy atom. The lowest BCUT2D eigenvalue weighted by Crippen LogP contribution is -2.05. The molecule has 1 aliphatic rings. The highest BCUT2D eigenvalue weighted by molar-refractivity contribution is 9.10. The zero-order valence-corrected chi connectivity index (χ0v) is 14.3. The summed E-state index contributed by atoms with van der Waals surface area (Å²) in [5.41, 5.74) is 1.93. The topological polar surface area (TPSA) is 38.7 Å². The first-order valence-corrected chi connectivity index (χ1v) is 8.53. The summed E-state index contributed by atoms with van der Waals surface area (Å²) in [5, 5.41) is 12.6. The van der Waals surface area contributed by atoms with E-state index in [9.17, 15) is 5.11 Å². The van der Waals surface area contributed by atoms with Crippen molar-refractivity contribution in [3.05, 3.63) is 44.1 Å². The minimum Gasteiger partial charge on any atom is -0.496 e. The van der Waals surface area contributed by atoms with E-state index < -0.39 is 6.10 Å². The molecule has 0 aliphatic carbocycles. The first kappa shape index (κ1) is 14.9. The Labute approximate surface area is 136 Å². The van der Waals surface area contributed by atoms with Crippen LogP contribution < -0.4 is 9.47 Å². The molecule has 0 bridgehead atoms. The maximum Gasteiger partial charge on any atom is 0.125 e. The number of hydrogen-bond acceptors (Lipinski definition) is 4. The third-order valence-corrected chi connectivity index (χ3v) is 5.63. The molecule has 0 fully saturated rings. The van der Waals surface area contributed by atoms with Crippen molar-refractivity contribution in [2.24, 2.45) is 0 Å². The Hall–Kier alpha value is -1.04. The minimum atomic E-state index is -0.611. The van der Waals surface area contributed by atoms with Crippen molar-refractivity contribution in [3.8, 4) is 11.5 Å². The lowest BCUT2D eigenvalue weighted by molar-refractivity contribution is 0.174. The number of ether oxygens (including phenoxy) is 2. The number of benzene rings is 1. The maximum atomic E-state index is 10.6. The molecule has 2 unspecified atom stereocenters. The Bertz CT molecular complexity index is 653. The van der Waals surface area contributed by atoms with Crippen molar-refractivity contribution < 1.29 is 14.6 Å². The quantitative estimate of drug-likeness (QED) is 0.881. The number of halogens is 1. The molecule has 1 aliphatic heterocycles. The van der Waals surface area contributed by atoms with Crippen LogP contribution in [0.1, 0.15) is 29.0 Å². The van der Waals surface area contributed by atoms with Crippen LogP contribution in [-0.2, 0) is 12.8 Å². The van der Waals surface area contributed by atoms with Gasteiger partial charge in [0.15, 0.2) is 0 Å². The van der Waals surface area contributed by atoms with E-state index in [0.29, 0.717) is 6.42 Å². The van der Waals surface area contributed by atoms with Gasteiger partial charge in [-0.25, -0.2) is 0 Å². The summed E-state index contributed by atoms with van der Waals surface area (Å²) in [6.45, 7) is 2.05. The van der Waals surface area contributed by atoms with Gasteiger partial charge in [-0.15, -0.1) is 11.3 Å². The van der Waals surface area contributed by atoms with Crippen molar-refractivity contribution in [2.45, 2.75) is 32.0 Å². The van der Waals surface area contributed by atoms with E-state index in [1.54, 1.807) is 18.4 Å². The number of aliphatic hydroxyl groups is 1. The van der Waals surface area contributed by atoms with E-state index in [0.717, 1.165) is 38.4 Å².